The molecule has 0 atom stereocenters. The lowest BCUT2D eigenvalue weighted by molar-refractivity contribution is 0.993. The average molecular weight is 328 g/mol. The number of fused-ring (bicyclic) bond motifs is 1. The van der Waals surface area contributed by atoms with Crippen LogP contribution in [0.2, 0.25) is 5.15 Å². The molecule has 0 fully saturated rings. The van der Waals surface area contributed by atoms with Gasteiger partial charge in [-0.2, -0.15) is 5.26 Å². The lowest BCUT2D eigenvalue weighted by atomic mass is 10.3. The number of hydrogen-bond acceptors (Lipinski definition) is 6. The van der Waals surface area contributed by atoms with Gasteiger partial charge in [0.1, 0.15) is 22.7 Å². The number of aryl methyl sites for hydroxylation is 1. The molecule has 23 heavy (non-hydrogen) atoms. The molecule has 3 rings (SSSR count). The maximum atomic E-state index is 8.73. The summed E-state index contributed by atoms with van der Waals surface area (Å²) >= 11 is 6.01. The Labute approximate surface area is 138 Å². The Morgan fingerprint density at radius 1 is 1.26 bits per heavy atom. The van der Waals surface area contributed by atoms with Crippen LogP contribution in [0.4, 0.5) is 11.8 Å². The Morgan fingerprint density at radius 3 is 2.83 bits per heavy atom. The lowest BCUT2D eigenvalue weighted by Gasteiger charge is -2.09. The zero-order valence-corrected chi connectivity index (χ0v) is 13.2. The minimum Gasteiger partial charge on any atom is -0.368 e. The molecule has 0 aromatic carbocycles. The number of nitrogens with one attached hydrogen (secondary N) is 2. The summed E-state index contributed by atoms with van der Waals surface area (Å²) in [6, 6.07) is 7.25. The largest absolute Gasteiger partial charge is 0.368 e. The van der Waals surface area contributed by atoms with Crippen molar-refractivity contribution in [2.45, 2.75) is 6.92 Å². The second kappa shape index (κ2) is 6.50. The van der Waals surface area contributed by atoms with Crippen molar-refractivity contribution in [2.75, 3.05) is 23.7 Å². The predicted octanol–water partition coefficient (Wildman–Crippen LogP) is 2.48. The summed E-state index contributed by atoms with van der Waals surface area (Å²) in [5.41, 5.74) is 2.19. The topological polar surface area (TPSA) is 90.9 Å². The second-order valence-electron chi connectivity index (χ2n) is 4.91. The van der Waals surface area contributed by atoms with Gasteiger partial charge in [-0.15, -0.1) is 0 Å². The molecule has 0 unspecified atom stereocenters. The molecule has 7 nitrogen and oxygen atoms in total. The molecule has 0 aliphatic carbocycles. The van der Waals surface area contributed by atoms with Crippen molar-refractivity contribution in [3.8, 4) is 6.07 Å². The fraction of sp³-hybridized carbons (Fsp3) is 0.200. The van der Waals surface area contributed by atoms with E-state index in [-0.39, 0.29) is 0 Å². The number of nitrogens with zero attached hydrogens (tertiary/aromatic N) is 5. The van der Waals surface area contributed by atoms with E-state index in [9.17, 15) is 0 Å². The van der Waals surface area contributed by atoms with Crippen molar-refractivity contribution in [1.29, 1.82) is 5.26 Å². The Balaban J connectivity index is 1.61. The molecule has 8 heteroatoms. The molecule has 0 aliphatic rings. The molecular weight excluding hydrogens is 314 g/mol. The Morgan fingerprint density at radius 2 is 2.09 bits per heavy atom. The fourth-order valence-electron chi connectivity index (χ4n) is 2.14. The van der Waals surface area contributed by atoms with E-state index in [1.807, 2.05) is 23.6 Å². The molecular formula is C15H14ClN7. The maximum absolute atomic E-state index is 8.73. The van der Waals surface area contributed by atoms with Crippen LogP contribution < -0.4 is 10.6 Å². The summed E-state index contributed by atoms with van der Waals surface area (Å²) in [7, 11) is 0. The number of hydrogen-bond donors (Lipinski definition) is 2. The van der Waals surface area contributed by atoms with Gasteiger partial charge in [-0.1, -0.05) is 11.6 Å². The van der Waals surface area contributed by atoms with E-state index in [0.717, 1.165) is 11.3 Å². The van der Waals surface area contributed by atoms with Gasteiger partial charge < -0.3 is 10.6 Å². The highest BCUT2D eigenvalue weighted by Crippen LogP contribution is 2.16. The van der Waals surface area contributed by atoms with Crippen LogP contribution in [0.5, 0.6) is 0 Å². The molecule has 3 aromatic rings. The number of rotatable bonds is 5. The van der Waals surface area contributed by atoms with Crippen molar-refractivity contribution in [2.24, 2.45) is 0 Å². The third-order valence-electron chi connectivity index (χ3n) is 3.15. The molecule has 0 amide bonds. The first-order valence-electron chi connectivity index (χ1n) is 7.02. The normalized spacial score (nSPS) is 10.5. The standard InChI is InChI=1S/C15H14ClN7/c1-10-9-23-14(21-10)6-12(16)22-15(23)19-5-4-18-13-3-2-11(7-17)8-20-13/h2-3,6,8-9H,4-5H2,1H3,(H,18,20)(H,19,22). The van der Waals surface area contributed by atoms with Crippen LogP contribution in [-0.4, -0.2) is 32.4 Å². The third kappa shape index (κ3) is 3.49. The van der Waals surface area contributed by atoms with Gasteiger partial charge in [-0.25, -0.2) is 15.0 Å². The van der Waals surface area contributed by atoms with E-state index >= 15 is 0 Å². The van der Waals surface area contributed by atoms with Crippen molar-refractivity contribution < 1.29 is 0 Å². The maximum Gasteiger partial charge on any atom is 0.210 e. The minimum absolute atomic E-state index is 0.396. The fourth-order valence-corrected chi connectivity index (χ4v) is 2.31. The van der Waals surface area contributed by atoms with Crippen molar-refractivity contribution >= 4 is 29.0 Å². The number of anilines is 2. The number of aromatic nitrogens is 4. The first-order valence-corrected chi connectivity index (χ1v) is 7.39. The van der Waals surface area contributed by atoms with Gasteiger partial charge in [0.25, 0.3) is 0 Å². The summed E-state index contributed by atoms with van der Waals surface area (Å²) in [6.07, 6.45) is 3.43. The minimum atomic E-state index is 0.396. The summed E-state index contributed by atoms with van der Waals surface area (Å²) in [5.74, 6) is 1.36. The van der Waals surface area contributed by atoms with Crippen LogP contribution >= 0.6 is 11.6 Å². The average Bonchev–Trinajstić information content (AvgIpc) is 2.92. The highest BCUT2D eigenvalue weighted by atomic mass is 35.5. The van der Waals surface area contributed by atoms with Gasteiger partial charge in [0.15, 0.2) is 0 Å². The van der Waals surface area contributed by atoms with E-state index in [0.29, 0.717) is 35.6 Å². The predicted molar refractivity (Wildman–Crippen MR) is 88.7 cm³/mol. The van der Waals surface area contributed by atoms with Crippen LogP contribution in [-0.2, 0) is 0 Å². The SMILES string of the molecule is Cc1cn2c(NCCNc3ccc(C#N)cn3)nc(Cl)cc2n1. The van der Waals surface area contributed by atoms with E-state index in [4.69, 9.17) is 16.9 Å². The van der Waals surface area contributed by atoms with Crippen LogP contribution in [0.15, 0.2) is 30.6 Å². The Kier molecular flexibility index (Phi) is 4.26. The number of halogens is 1. The van der Waals surface area contributed by atoms with Crippen LogP contribution in [0.3, 0.4) is 0 Å². The summed E-state index contributed by atoms with van der Waals surface area (Å²) in [5, 5.41) is 15.5. The van der Waals surface area contributed by atoms with Crippen molar-refractivity contribution in [1.82, 2.24) is 19.4 Å². The van der Waals surface area contributed by atoms with Gasteiger partial charge in [0.05, 0.1) is 11.3 Å². The quantitative estimate of drug-likeness (QED) is 0.552. The molecule has 2 N–H and O–H groups in total. The van der Waals surface area contributed by atoms with Gasteiger partial charge >= 0.3 is 0 Å². The van der Waals surface area contributed by atoms with Crippen molar-refractivity contribution in [3.63, 3.8) is 0 Å². The Bertz CT molecular complexity index is 864. The van der Waals surface area contributed by atoms with Gasteiger partial charge in [0, 0.05) is 31.5 Å². The zero-order valence-electron chi connectivity index (χ0n) is 12.4. The third-order valence-corrected chi connectivity index (χ3v) is 3.34. The summed E-state index contributed by atoms with van der Waals surface area (Å²) in [4.78, 5) is 12.8. The number of imidazole rings is 1. The zero-order chi connectivity index (χ0) is 16.2. The van der Waals surface area contributed by atoms with Gasteiger partial charge in [-0.05, 0) is 19.1 Å². The Hall–Kier alpha value is -2.85. The highest BCUT2D eigenvalue weighted by molar-refractivity contribution is 6.29. The van der Waals surface area contributed by atoms with Gasteiger partial charge in [0.2, 0.25) is 5.95 Å². The summed E-state index contributed by atoms with van der Waals surface area (Å²) in [6.45, 7) is 3.19. The highest BCUT2D eigenvalue weighted by Gasteiger charge is 2.06. The van der Waals surface area contributed by atoms with Gasteiger partial charge in [-0.3, -0.25) is 4.40 Å². The van der Waals surface area contributed by atoms with E-state index < -0.39 is 0 Å². The molecule has 0 bridgehead atoms. The lowest BCUT2D eigenvalue weighted by Crippen LogP contribution is -2.16. The van der Waals surface area contributed by atoms with Crippen LogP contribution in [0, 0.1) is 18.3 Å². The monoisotopic (exact) mass is 327 g/mol. The molecule has 116 valence electrons. The molecule has 0 radical (unpaired) electrons. The van der Waals surface area contributed by atoms with E-state index in [2.05, 4.69) is 25.6 Å². The molecule has 3 aromatic heterocycles. The van der Waals surface area contributed by atoms with E-state index in [1.54, 1.807) is 18.2 Å². The first-order chi connectivity index (χ1) is 11.2. The molecule has 0 saturated carbocycles. The smallest absolute Gasteiger partial charge is 0.210 e. The second-order valence-corrected chi connectivity index (χ2v) is 5.30. The van der Waals surface area contributed by atoms with Crippen LogP contribution in [0.1, 0.15) is 11.3 Å². The van der Waals surface area contributed by atoms with E-state index in [1.165, 1.54) is 6.20 Å². The van der Waals surface area contributed by atoms with Crippen molar-refractivity contribution in [3.05, 3.63) is 47.0 Å². The molecule has 0 saturated heterocycles. The number of pyridine rings is 1. The first kappa shape index (κ1) is 15.1. The molecule has 3 heterocycles. The number of nitriles is 1. The molecule has 0 spiro atoms. The summed E-state index contributed by atoms with van der Waals surface area (Å²) < 4.78 is 1.86. The van der Waals surface area contributed by atoms with Crippen LogP contribution in [0.25, 0.3) is 5.65 Å². The molecule has 0 aliphatic heterocycles.